The van der Waals surface area contributed by atoms with Gasteiger partial charge in [0.2, 0.25) is 0 Å². The number of piperazine rings is 1. The minimum atomic E-state index is 0.683. The van der Waals surface area contributed by atoms with Crippen LogP contribution in [0.25, 0.3) is 0 Å². The SMILES string of the molecule is Cc1cc(NN)nc(CN2CCN(CCN(C)C)CC2)n1. The Bertz CT molecular complexity index is 441. The van der Waals surface area contributed by atoms with E-state index in [0.29, 0.717) is 5.82 Å². The van der Waals surface area contributed by atoms with Crippen molar-refractivity contribution in [3.63, 3.8) is 0 Å². The average molecular weight is 293 g/mol. The van der Waals surface area contributed by atoms with E-state index in [1.165, 1.54) is 0 Å². The molecule has 0 spiro atoms. The molecule has 1 aliphatic rings. The molecular formula is C14H27N7. The largest absolute Gasteiger partial charge is 0.308 e. The molecule has 3 N–H and O–H groups in total. The maximum Gasteiger partial charge on any atom is 0.145 e. The van der Waals surface area contributed by atoms with E-state index in [1.807, 2.05) is 13.0 Å². The summed E-state index contributed by atoms with van der Waals surface area (Å²) in [7, 11) is 4.24. The van der Waals surface area contributed by atoms with Crippen molar-refractivity contribution in [3.05, 3.63) is 17.6 Å². The van der Waals surface area contributed by atoms with E-state index in [4.69, 9.17) is 5.84 Å². The molecule has 7 heteroatoms. The van der Waals surface area contributed by atoms with Gasteiger partial charge >= 0.3 is 0 Å². The highest BCUT2D eigenvalue weighted by Crippen LogP contribution is 2.09. The predicted octanol–water partition coefficient (Wildman–Crippen LogP) is -0.250. The van der Waals surface area contributed by atoms with Crippen LogP contribution in [0.5, 0.6) is 0 Å². The molecule has 0 amide bonds. The Morgan fingerprint density at radius 1 is 1.19 bits per heavy atom. The minimum Gasteiger partial charge on any atom is -0.308 e. The molecule has 118 valence electrons. The zero-order chi connectivity index (χ0) is 15.2. The highest BCUT2D eigenvalue weighted by atomic mass is 15.3. The first kappa shape index (κ1) is 16.1. The number of hydrogen-bond donors (Lipinski definition) is 2. The fraction of sp³-hybridized carbons (Fsp3) is 0.714. The second-order valence-electron chi connectivity index (χ2n) is 5.88. The fourth-order valence-corrected chi connectivity index (χ4v) is 2.49. The number of rotatable bonds is 6. The first-order valence-electron chi connectivity index (χ1n) is 7.47. The summed E-state index contributed by atoms with van der Waals surface area (Å²) in [5.74, 6) is 6.95. The first-order chi connectivity index (χ1) is 10.1. The molecule has 0 atom stereocenters. The standard InChI is InChI=1S/C14H27N7/c1-12-10-13(18-15)17-14(16-12)11-21-8-6-20(7-9-21)5-4-19(2)3/h10H,4-9,11,15H2,1-3H3,(H,16,17,18). The Morgan fingerprint density at radius 2 is 1.86 bits per heavy atom. The first-order valence-corrected chi connectivity index (χ1v) is 7.47. The summed E-state index contributed by atoms with van der Waals surface area (Å²) in [6.45, 7) is 9.37. The molecule has 0 radical (unpaired) electrons. The van der Waals surface area contributed by atoms with Crippen LogP contribution < -0.4 is 11.3 Å². The Hall–Kier alpha value is -1.28. The van der Waals surface area contributed by atoms with Crippen LogP contribution in [0, 0.1) is 6.92 Å². The van der Waals surface area contributed by atoms with E-state index in [1.54, 1.807) is 0 Å². The highest BCUT2D eigenvalue weighted by Gasteiger charge is 2.17. The lowest BCUT2D eigenvalue weighted by atomic mass is 10.3. The van der Waals surface area contributed by atoms with Gasteiger partial charge in [0.25, 0.3) is 0 Å². The second kappa shape index (κ2) is 7.65. The van der Waals surface area contributed by atoms with Crippen LogP contribution in [-0.4, -0.2) is 78.0 Å². The summed E-state index contributed by atoms with van der Waals surface area (Å²) in [6.07, 6.45) is 0. The number of aryl methyl sites for hydroxylation is 1. The molecule has 7 nitrogen and oxygen atoms in total. The number of hydrogen-bond acceptors (Lipinski definition) is 7. The van der Waals surface area contributed by atoms with Crippen molar-refractivity contribution < 1.29 is 0 Å². The lowest BCUT2D eigenvalue weighted by molar-refractivity contribution is 0.118. The summed E-state index contributed by atoms with van der Waals surface area (Å²) in [5, 5.41) is 0. The quantitative estimate of drug-likeness (QED) is 0.553. The van der Waals surface area contributed by atoms with E-state index in [2.05, 4.69) is 44.2 Å². The number of nitrogens with zero attached hydrogens (tertiary/aromatic N) is 5. The van der Waals surface area contributed by atoms with Gasteiger partial charge in [0, 0.05) is 51.0 Å². The second-order valence-corrected chi connectivity index (χ2v) is 5.88. The van der Waals surface area contributed by atoms with Crippen molar-refractivity contribution in [2.75, 3.05) is 58.8 Å². The van der Waals surface area contributed by atoms with E-state index in [0.717, 1.165) is 57.3 Å². The molecule has 0 aromatic carbocycles. The molecule has 0 bridgehead atoms. The van der Waals surface area contributed by atoms with Crippen molar-refractivity contribution in [2.45, 2.75) is 13.5 Å². The molecule has 0 unspecified atom stereocenters. The summed E-state index contributed by atoms with van der Waals surface area (Å²) in [6, 6.07) is 1.85. The number of aromatic nitrogens is 2. The van der Waals surface area contributed by atoms with Crippen LogP contribution in [0.15, 0.2) is 6.07 Å². The summed E-state index contributed by atoms with van der Waals surface area (Å²) in [4.78, 5) is 16.1. The molecule has 0 aliphatic carbocycles. The average Bonchev–Trinajstić information content (AvgIpc) is 2.46. The smallest absolute Gasteiger partial charge is 0.145 e. The molecule has 1 aliphatic heterocycles. The summed E-state index contributed by atoms with van der Waals surface area (Å²) >= 11 is 0. The van der Waals surface area contributed by atoms with Crippen molar-refractivity contribution in [3.8, 4) is 0 Å². The van der Waals surface area contributed by atoms with Crippen molar-refractivity contribution in [2.24, 2.45) is 5.84 Å². The van der Waals surface area contributed by atoms with Gasteiger partial charge in [-0.2, -0.15) is 0 Å². The van der Waals surface area contributed by atoms with Gasteiger partial charge in [0.05, 0.1) is 6.54 Å². The summed E-state index contributed by atoms with van der Waals surface area (Å²) < 4.78 is 0. The monoisotopic (exact) mass is 293 g/mol. The number of likely N-dealkylation sites (N-methyl/N-ethyl adjacent to an activating group) is 1. The topological polar surface area (TPSA) is 73.6 Å². The number of nitrogens with one attached hydrogen (secondary N) is 1. The van der Waals surface area contributed by atoms with E-state index in [9.17, 15) is 0 Å². The lowest BCUT2D eigenvalue weighted by Gasteiger charge is -2.34. The highest BCUT2D eigenvalue weighted by molar-refractivity contribution is 5.33. The molecule has 0 saturated carbocycles. The third-order valence-electron chi connectivity index (χ3n) is 3.74. The Kier molecular flexibility index (Phi) is 5.86. The molecule has 2 heterocycles. The maximum atomic E-state index is 5.43. The fourth-order valence-electron chi connectivity index (χ4n) is 2.49. The van der Waals surface area contributed by atoms with Crippen LogP contribution in [0.1, 0.15) is 11.5 Å². The molecule has 1 fully saturated rings. The number of hydrazine groups is 1. The van der Waals surface area contributed by atoms with Gasteiger partial charge in [-0.05, 0) is 21.0 Å². The van der Waals surface area contributed by atoms with Gasteiger partial charge in [-0.25, -0.2) is 15.8 Å². The number of anilines is 1. The maximum absolute atomic E-state index is 5.43. The van der Waals surface area contributed by atoms with Crippen LogP contribution >= 0.6 is 0 Å². The van der Waals surface area contributed by atoms with Crippen LogP contribution in [0.2, 0.25) is 0 Å². The third kappa shape index (κ3) is 5.20. The van der Waals surface area contributed by atoms with Gasteiger partial charge < -0.3 is 10.3 Å². The number of nitrogen functional groups attached to an aromatic ring is 1. The molecule has 2 rings (SSSR count). The molecule has 1 aromatic heterocycles. The van der Waals surface area contributed by atoms with Crippen LogP contribution in [0.4, 0.5) is 5.82 Å². The Balaban J connectivity index is 1.82. The van der Waals surface area contributed by atoms with Gasteiger partial charge in [-0.1, -0.05) is 0 Å². The zero-order valence-corrected chi connectivity index (χ0v) is 13.3. The molecular weight excluding hydrogens is 266 g/mol. The van der Waals surface area contributed by atoms with E-state index in [-0.39, 0.29) is 0 Å². The van der Waals surface area contributed by atoms with Gasteiger partial charge in [-0.3, -0.25) is 9.80 Å². The Labute approximate surface area is 127 Å². The van der Waals surface area contributed by atoms with Crippen molar-refractivity contribution in [1.29, 1.82) is 0 Å². The molecule has 1 aromatic rings. The predicted molar refractivity (Wildman–Crippen MR) is 84.9 cm³/mol. The van der Waals surface area contributed by atoms with Crippen LogP contribution in [-0.2, 0) is 6.54 Å². The van der Waals surface area contributed by atoms with Crippen molar-refractivity contribution >= 4 is 5.82 Å². The zero-order valence-electron chi connectivity index (χ0n) is 13.3. The summed E-state index contributed by atoms with van der Waals surface area (Å²) in [5.41, 5.74) is 3.54. The van der Waals surface area contributed by atoms with Gasteiger partial charge in [-0.15, -0.1) is 0 Å². The number of nitrogens with two attached hydrogens (primary N) is 1. The van der Waals surface area contributed by atoms with Crippen LogP contribution in [0.3, 0.4) is 0 Å². The van der Waals surface area contributed by atoms with E-state index >= 15 is 0 Å². The third-order valence-corrected chi connectivity index (χ3v) is 3.74. The van der Waals surface area contributed by atoms with Gasteiger partial charge in [0.15, 0.2) is 0 Å². The molecule has 1 saturated heterocycles. The Morgan fingerprint density at radius 3 is 2.48 bits per heavy atom. The minimum absolute atomic E-state index is 0.683. The van der Waals surface area contributed by atoms with E-state index < -0.39 is 0 Å². The van der Waals surface area contributed by atoms with Crippen molar-refractivity contribution in [1.82, 2.24) is 24.7 Å². The van der Waals surface area contributed by atoms with Gasteiger partial charge in [0.1, 0.15) is 11.6 Å². The molecule has 21 heavy (non-hydrogen) atoms. The lowest BCUT2D eigenvalue weighted by Crippen LogP contribution is -2.47. The normalized spacial score (nSPS) is 17.4.